The number of hydrogen-bond donors (Lipinski definition) is 1. The van der Waals surface area contributed by atoms with Gasteiger partial charge in [0.25, 0.3) is 5.91 Å². The van der Waals surface area contributed by atoms with E-state index in [4.69, 9.17) is 14.2 Å². The summed E-state index contributed by atoms with van der Waals surface area (Å²) in [5.41, 5.74) is 0.584. The van der Waals surface area contributed by atoms with Crippen molar-refractivity contribution in [2.24, 2.45) is 23.2 Å². The lowest BCUT2D eigenvalue weighted by Gasteiger charge is -2.63. The van der Waals surface area contributed by atoms with Crippen LogP contribution in [0, 0.1) is 23.2 Å². The monoisotopic (exact) mass is 671 g/mol. The number of alkyl halides is 3. The van der Waals surface area contributed by atoms with Crippen molar-refractivity contribution in [1.29, 1.82) is 0 Å². The summed E-state index contributed by atoms with van der Waals surface area (Å²) in [6, 6.07) is 8.11. The largest absolute Gasteiger partial charge is 0.573 e. The molecule has 2 saturated heterocycles. The Morgan fingerprint density at radius 1 is 1.12 bits per heavy atom. The highest BCUT2D eigenvalue weighted by Crippen LogP contribution is 2.67. The van der Waals surface area contributed by atoms with Crippen LogP contribution in [0.1, 0.15) is 71.3 Å². The molecule has 8 nitrogen and oxygen atoms in total. The number of nitrogens with one attached hydrogen (secondary N) is 1. The minimum absolute atomic E-state index is 0.0670. The number of quaternary nitrogens is 1. The maximum Gasteiger partial charge on any atom is 0.573 e. The summed E-state index contributed by atoms with van der Waals surface area (Å²) < 4.78 is 65.3. The number of esters is 1. The fraction of sp³-hybridized carbons (Fsp3) is 0.622. The van der Waals surface area contributed by atoms with Gasteiger partial charge in [-0.15, -0.1) is 13.2 Å². The van der Waals surface area contributed by atoms with Crippen molar-refractivity contribution in [2.45, 2.75) is 96.1 Å². The minimum Gasteiger partial charge on any atom is -0.422 e. The van der Waals surface area contributed by atoms with E-state index in [9.17, 15) is 22.8 Å². The Morgan fingerprint density at radius 2 is 1.88 bits per heavy atom. The molecule has 2 aliphatic heterocycles. The molecule has 2 heterocycles. The van der Waals surface area contributed by atoms with Crippen LogP contribution < -0.4 is 5.32 Å². The molecule has 6 aliphatic rings. The van der Waals surface area contributed by atoms with Crippen LogP contribution in [-0.2, 0) is 28.5 Å². The number of carbonyl (C=O) groups excluding carboxylic acids is 2. The third-order valence-electron chi connectivity index (χ3n) is 11.7. The number of ether oxygens (including phenoxy) is 4. The van der Waals surface area contributed by atoms with Gasteiger partial charge in [0.1, 0.15) is 6.10 Å². The Kier molecular flexibility index (Phi) is 8.35. The second kappa shape index (κ2) is 12.0. The summed E-state index contributed by atoms with van der Waals surface area (Å²) in [4.78, 5) is 26.1. The molecule has 1 amide bonds. The van der Waals surface area contributed by atoms with Crippen molar-refractivity contribution in [3.63, 3.8) is 0 Å². The van der Waals surface area contributed by atoms with Gasteiger partial charge in [-0.1, -0.05) is 56.7 Å². The van der Waals surface area contributed by atoms with E-state index >= 15 is 0 Å². The molecule has 7 atom stereocenters. The average molecular weight is 672 g/mol. The second-order valence-electron chi connectivity index (χ2n) is 15.1. The van der Waals surface area contributed by atoms with E-state index in [1.54, 1.807) is 24.3 Å². The third kappa shape index (κ3) is 5.59. The fourth-order valence-corrected chi connectivity index (χ4v) is 10.1. The van der Waals surface area contributed by atoms with E-state index in [1.807, 2.05) is 6.08 Å². The summed E-state index contributed by atoms with van der Waals surface area (Å²) in [5.74, 6) is -2.21. The Balaban J connectivity index is 1.28. The zero-order chi connectivity index (χ0) is 34.1. The highest BCUT2D eigenvalue weighted by Gasteiger charge is 2.71. The SMILES string of the molecule is COC1(NC(=O)C(OC(F)(F)F)=C(OC(C)=O)c2ccccc2)C=CC2=C3C1O[C@H]1CCC[C@H]4[C@@H](C2)[N+](CC(C)C)(CC2CC2)CC[C@]314. The average Bonchev–Trinajstić information content (AvgIpc) is 3.78. The van der Waals surface area contributed by atoms with Crippen molar-refractivity contribution in [1.82, 2.24) is 5.32 Å². The van der Waals surface area contributed by atoms with Crippen LogP contribution in [0.25, 0.3) is 5.76 Å². The van der Waals surface area contributed by atoms with Crippen LogP contribution in [0.2, 0.25) is 0 Å². The number of rotatable bonds is 10. The zero-order valence-corrected chi connectivity index (χ0v) is 28.1. The molecule has 3 unspecified atom stereocenters. The first-order chi connectivity index (χ1) is 22.8. The third-order valence-corrected chi connectivity index (χ3v) is 11.7. The number of allylic oxidation sites excluding steroid dienone is 1. The lowest BCUT2D eigenvalue weighted by atomic mass is 9.50. The molecule has 260 valence electrons. The highest BCUT2D eigenvalue weighted by molar-refractivity contribution is 6.00. The number of halogens is 3. The lowest BCUT2D eigenvalue weighted by Crippen LogP contribution is -2.71. The Hall–Kier alpha value is -3.15. The first kappa shape index (κ1) is 33.4. The summed E-state index contributed by atoms with van der Waals surface area (Å²) in [6.07, 6.45) is 5.21. The number of nitrogens with zero attached hydrogens (tertiary/aromatic N) is 1. The molecular formula is C37H46F3N2O6+. The van der Waals surface area contributed by atoms with Gasteiger partial charge in [-0.05, 0) is 42.9 Å². The predicted molar refractivity (Wildman–Crippen MR) is 170 cm³/mol. The van der Waals surface area contributed by atoms with Gasteiger partial charge in [0.05, 0.1) is 31.8 Å². The summed E-state index contributed by atoms with van der Waals surface area (Å²) in [6.45, 7) is 9.17. The Bertz CT molecular complexity index is 1550. The van der Waals surface area contributed by atoms with Gasteiger partial charge in [-0.3, -0.25) is 9.59 Å². The maximum atomic E-state index is 14.0. The van der Waals surface area contributed by atoms with Gasteiger partial charge in [-0.25, -0.2) is 0 Å². The van der Waals surface area contributed by atoms with Gasteiger partial charge < -0.3 is 28.7 Å². The number of likely N-dealkylation sites (tertiary alicyclic amines) is 1. The maximum absolute atomic E-state index is 14.0. The van der Waals surface area contributed by atoms with Crippen LogP contribution >= 0.6 is 0 Å². The number of carbonyl (C=O) groups is 2. The molecule has 1 aromatic rings. The fourth-order valence-electron chi connectivity index (χ4n) is 10.1. The van der Waals surface area contributed by atoms with Crippen molar-refractivity contribution in [3.05, 3.63) is 65.0 Å². The molecule has 48 heavy (non-hydrogen) atoms. The van der Waals surface area contributed by atoms with Gasteiger partial charge in [-0.2, -0.15) is 0 Å². The van der Waals surface area contributed by atoms with Crippen LogP contribution in [0.4, 0.5) is 13.2 Å². The van der Waals surface area contributed by atoms with Crippen LogP contribution in [0.5, 0.6) is 0 Å². The lowest BCUT2D eigenvalue weighted by molar-refractivity contribution is -0.967. The van der Waals surface area contributed by atoms with E-state index in [-0.39, 0.29) is 17.1 Å². The summed E-state index contributed by atoms with van der Waals surface area (Å²) in [7, 11) is 1.42. The summed E-state index contributed by atoms with van der Waals surface area (Å²) >= 11 is 0. The number of benzene rings is 1. The molecule has 1 spiro atoms. The van der Waals surface area contributed by atoms with Crippen LogP contribution in [0.15, 0.2) is 59.4 Å². The number of piperidine rings is 1. The van der Waals surface area contributed by atoms with E-state index in [1.165, 1.54) is 44.2 Å². The van der Waals surface area contributed by atoms with E-state index in [0.29, 0.717) is 17.9 Å². The van der Waals surface area contributed by atoms with Gasteiger partial charge in [0, 0.05) is 55.6 Å². The molecule has 1 N–H and O–H groups in total. The number of methoxy groups -OCH3 is 1. The van der Waals surface area contributed by atoms with Gasteiger partial charge in [0.15, 0.2) is 11.5 Å². The first-order valence-corrected chi connectivity index (χ1v) is 17.4. The topological polar surface area (TPSA) is 83.1 Å². The van der Waals surface area contributed by atoms with Crippen molar-refractivity contribution < 1.29 is 46.2 Å². The summed E-state index contributed by atoms with van der Waals surface area (Å²) in [5, 5.41) is 2.73. The van der Waals surface area contributed by atoms with Crippen molar-refractivity contribution in [2.75, 3.05) is 26.7 Å². The van der Waals surface area contributed by atoms with Gasteiger partial charge in [0.2, 0.25) is 5.76 Å². The Labute approximate surface area is 279 Å². The molecule has 4 fully saturated rings. The predicted octanol–water partition coefficient (Wildman–Crippen LogP) is 6.39. The number of hydrogen-bond acceptors (Lipinski definition) is 6. The molecule has 7 rings (SSSR count). The minimum atomic E-state index is -5.25. The quantitative estimate of drug-likeness (QED) is 0.102. The zero-order valence-electron chi connectivity index (χ0n) is 28.1. The molecule has 11 heteroatoms. The molecular weight excluding hydrogens is 625 g/mol. The molecule has 0 radical (unpaired) electrons. The smallest absolute Gasteiger partial charge is 0.422 e. The molecule has 1 aromatic carbocycles. The first-order valence-electron chi connectivity index (χ1n) is 17.4. The second-order valence-corrected chi connectivity index (χ2v) is 15.1. The van der Waals surface area contributed by atoms with Gasteiger partial charge >= 0.3 is 12.3 Å². The van der Waals surface area contributed by atoms with E-state index in [2.05, 4.69) is 23.9 Å². The van der Waals surface area contributed by atoms with Crippen molar-refractivity contribution >= 4 is 17.6 Å². The van der Waals surface area contributed by atoms with Crippen molar-refractivity contribution in [3.8, 4) is 0 Å². The molecule has 2 saturated carbocycles. The number of amides is 1. The molecule has 0 aromatic heterocycles. The molecule has 2 bridgehead atoms. The normalized spacial score (nSPS) is 35.6. The van der Waals surface area contributed by atoms with E-state index in [0.717, 1.165) is 68.1 Å². The van der Waals surface area contributed by atoms with Crippen LogP contribution in [0.3, 0.4) is 0 Å². The molecule has 4 aliphatic carbocycles. The highest BCUT2D eigenvalue weighted by atomic mass is 19.4. The van der Waals surface area contributed by atoms with E-state index < -0.39 is 41.6 Å². The Morgan fingerprint density at radius 3 is 2.52 bits per heavy atom. The standard InChI is InChI=1S/C37H45F3N2O6/c1-22(2)20-42(21-24-13-14-24)18-17-35-27-11-8-12-29(35)47-33-30(35)26(19-28(27)42)15-16-36(33,45-4)41-34(44)32(48-37(38,39)40)31(46-23(3)43)25-9-6-5-7-10-25/h5-7,9-10,15-16,22,24,27-29,33H,8,11-14,17-21H2,1-4H3/p+1/t27-,28+,29-,33?,35+,36?,42?/m0/s1. The van der Waals surface area contributed by atoms with Crippen LogP contribution in [-0.4, -0.2) is 73.4 Å².